The topological polar surface area (TPSA) is 42.1 Å². The molecular weight excluding hydrogens is 186 g/mol. The van der Waals surface area contributed by atoms with Gasteiger partial charge in [-0.1, -0.05) is 6.07 Å². The quantitative estimate of drug-likeness (QED) is 0.817. The molecule has 1 atom stereocenters. The van der Waals surface area contributed by atoms with Gasteiger partial charge in [-0.25, -0.2) is 0 Å². The van der Waals surface area contributed by atoms with Crippen molar-refractivity contribution in [3.8, 4) is 0 Å². The van der Waals surface area contributed by atoms with Crippen LogP contribution in [0, 0.1) is 6.92 Å². The molecule has 1 rings (SSSR count). The summed E-state index contributed by atoms with van der Waals surface area (Å²) < 4.78 is 0. The van der Waals surface area contributed by atoms with Crippen molar-refractivity contribution in [3.05, 3.63) is 29.6 Å². The third-order valence-corrected chi connectivity index (χ3v) is 2.85. The van der Waals surface area contributed by atoms with Crippen molar-refractivity contribution >= 4 is 0 Å². The van der Waals surface area contributed by atoms with Gasteiger partial charge in [-0.15, -0.1) is 0 Å². The highest BCUT2D eigenvalue weighted by molar-refractivity contribution is 5.17. The first kappa shape index (κ1) is 12.1. The largest absolute Gasteiger partial charge is 0.329 e. The first-order valence-electron chi connectivity index (χ1n) is 5.40. The van der Waals surface area contributed by atoms with Crippen LogP contribution in [0.4, 0.5) is 0 Å². The van der Waals surface area contributed by atoms with Gasteiger partial charge in [0.05, 0.1) is 0 Å². The number of pyridine rings is 1. The number of rotatable bonds is 4. The first-order chi connectivity index (χ1) is 7.06. The predicted molar refractivity (Wildman–Crippen MR) is 63.7 cm³/mol. The lowest BCUT2D eigenvalue weighted by Gasteiger charge is -2.30. The highest BCUT2D eigenvalue weighted by Gasteiger charge is 2.17. The summed E-state index contributed by atoms with van der Waals surface area (Å²) >= 11 is 0. The minimum atomic E-state index is 0.262. The average molecular weight is 207 g/mol. The molecule has 0 bridgehead atoms. The fraction of sp³-hybridized carbons (Fsp3) is 0.583. The zero-order chi connectivity index (χ0) is 11.4. The van der Waals surface area contributed by atoms with Crippen molar-refractivity contribution in [1.29, 1.82) is 0 Å². The molecule has 0 aliphatic heterocycles. The number of aryl methyl sites for hydroxylation is 1. The molecule has 15 heavy (non-hydrogen) atoms. The summed E-state index contributed by atoms with van der Waals surface area (Å²) in [5.74, 6) is 0. The van der Waals surface area contributed by atoms with Gasteiger partial charge < -0.3 is 5.73 Å². The fourth-order valence-corrected chi connectivity index (χ4v) is 1.57. The molecule has 2 N–H and O–H groups in total. The number of nitrogens with two attached hydrogens (primary N) is 1. The van der Waals surface area contributed by atoms with Crippen molar-refractivity contribution < 1.29 is 0 Å². The Hall–Kier alpha value is -0.930. The molecule has 0 fully saturated rings. The molecule has 0 aromatic carbocycles. The van der Waals surface area contributed by atoms with Gasteiger partial charge in [-0.3, -0.25) is 9.88 Å². The van der Waals surface area contributed by atoms with E-state index in [0.29, 0.717) is 12.6 Å². The molecule has 0 saturated heterocycles. The van der Waals surface area contributed by atoms with E-state index in [1.165, 1.54) is 5.56 Å². The van der Waals surface area contributed by atoms with Crippen LogP contribution in [-0.2, 0) is 0 Å². The van der Waals surface area contributed by atoms with E-state index in [9.17, 15) is 0 Å². The van der Waals surface area contributed by atoms with E-state index >= 15 is 0 Å². The summed E-state index contributed by atoms with van der Waals surface area (Å²) in [5, 5.41) is 0. The van der Waals surface area contributed by atoms with Gasteiger partial charge >= 0.3 is 0 Å². The highest BCUT2D eigenvalue weighted by Crippen LogP contribution is 2.19. The molecule has 0 radical (unpaired) electrons. The maximum atomic E-state index is 5.81. The number of hydrogen-bond acceptors (Lipinski definition) is 3. The van der Waals surface area contributed by atoms with E-state index in [0.717, 1.165) is 5.69 Å². The van der Waals surface area contributed by atoms with Crippen molar-refractivity contribution in [3.63, 3.8) is 0 Å². The van der Waals surface area contributed by atoms with Gasteiger partial charge in [0.2, 0.25) is 0 Å². The Morgan fingerprint density at radius 3 is 2.47 bits per heavy atom. The highest BCUT2D eigenvalue weighted by atomic mass is 15.2. The lowest BCUT2D eigenvalue weighted by molar-refractivity contribution is 0.201. The Morgan fingerprint density at radius 2 is 2.07 bits per heavy atom. The van der Waals surface area contributed by atoms with Gasteiger partial charge in [0.15, 0.2) is 0 Å². The summed E-state index contributed by atoms with van der Waals surface area (Å²) in [6, 6.07) is 4.89. The van der Waals surface area contributed by atoms with E-state index in [2.05, 4.69) is 36.8 Å². The van der Waals surface area contributed by atoms with Gasteiger partial charge in [-0.2, -0.15) is 0 Å². The summed E-state index contributed by atoms with van der Waals surface area (Å²) in [6.07, 6.45) is 1.92. The maximum Gasteiger partial charge on any atom is 0.0485 e. The van der Waals surface area contributed by atoms with Gasteiger partial charge in [-0.05, 0) is 39.4 Å². The monoisotopic (exact) mass is 207 g/mol. The van der Waals surface area contributed by atoms with Crippen LogP contribution in [0.2, 0.25) is 0 Å². The predicted octanol–water partition coefficient (Wildman–Crippen LogP) is 1.73. The zero-order valence-electron chi connectivity index (χ0n) is 10.1. The SMILES string of the molecule is Cc1ccc(C(CN)N(C)C(C)C)cn1. The Morgan fingerprint density at radius 1 is 1.40 bits per heavy atom. The molecule has 1 aromatic heterocycles. The zero-order valence-corrected chi connectivity index (χ0v) is 10.1. The molecule has 1 aromatic rings. The summed E-state index contributed by atoms with van der Waals surface area (Å²) in [6.45, 7) is 6.96. The van der Waals surface area contributed by atoms with Gasteiger partial charge in [0, 0.05) is 30.5 Å². The molecule has 0 amide bonds. The van der Waals surface area contributed by atoms with E-state index in [1.54, 1.807) is 0 Å². The average Bonchev–Trinajstić information content (AvgIpc) is 2.21. The second kappa shape index (κ2) is 5.24. The van der Waals surface area contributed by atoms with Crippen molar-refractivity contribution in [2.75, 3.05) is 13.6 Å². The molecule has 0 aliphatic rings. The molecule has 0 saturated carbocycles. The third-order valence-electron chi connectivity index (χ3n) is 2.85. The van der Waals surface area contributed by atoms with Crippen LogP contribution < -0.4 is 5.73 Å². The van der Waals surface area contributed by atoms with Crippen molar-refractivity contribution in [2.45, 2.75) is 32.9 Å². The molecule has 1 heterocycles. The van der Waals surface area contributed by atoms with Crippen LogP contribution in [0.3, 0.4) is 0 Å². The van der Waals surface area contributed by atoms with E-state index in [4.69, 9.17) is 5.73 Å². The minimum Gasteiger partial charge on any atom is -0.329 e. The fourth-order valence-electron chi connectivity index (χ4n) is 1.57. The Bertz CT molecular complexity index is 292. The molecule has 84 valence electrons. The molecular formula is C12H21N3. The number of hydrogen-bond donors (Lipinski definition) is 1. The maximum absolute atomic E-state index is 5.81. The molecule has 3 heteroatoms. The summed E-state index contributed by atoms with van der Waals surface area (Å²) in [7, 11) is 2.10. The first-order valence-corrected chi connectivity index (χ1v) is 5.40. The molecule has 0 spiro atoms. The van der Waals surface area contributed by atoms with E-state index in [1.807, 2.05) is 19.2 Å². The van der Waals surface area contributed by atoms with Crippen molar-refractivity contribution in [1.82, 2.24) is 9.88 Å². The molecule has 1 unspecified atom stereocenters. The minimum absolute atomic E-state index is 0.262. The standard InChI is InChI=1S/C12H21N3/c1-9(2)15(4)12(7-13)11-6-5-10(3)14-8-11/h5-6,8-9,12H,7,13H2,1-4H3. The number of aromatic nitrogens is 1. The molecule has 0 aliphatic carbocycles. The van der Waals surface area contributed by atoms with Crippen LogP contribution in [0.15, 0.2) is 18.3 Å². The van der Waals surface area contributed by atoms with E-state index in [-0.39, 0.29) is 6.04 Å². The van der Waals surface area contributed by atoms with E-state index < -0.39 is 0 Å². The Labute approximate surface area is 92.3 Å². The van der Waals surface area contributed by atoms with Crippen LogP contribution in [0.1, 0.15) is 31.1 Å². The van der Waals surface area contributed by atoms with Crippen LogP contribution >= 0.6 is 0 Å². The molecule has 3 nitrogen and oxygen atoms in total. The number of nitrogens with zero attached hydrogens (tertiary/aromatic N) is 2. The third kappa shape index (κ3) is 3.01. The second-order valence-electron chi connectivity index (χ2n) is 4.24. The summed E-state index contributed by atoms with van der Waals surface area (Å²) in [5.41, 5.74) is 8.05. The lowest BCUT2D eigenvalue weighted by atomic mass is 10.1. The normalized spacial score (nSPS) is 13.5. The van der Waals surface area contributed by atoms with Crippen LogP contribution in [0.5, 0.6) is 0 Å². The van der Waals surface area contributed by atoms with Crippen LogP contribution in [0.25, 0.3) is 0 Å². The summed E-state index contributed by atoms with van der Waals surface area (Å²) in [4.78, 5) is 6.58. The van der Waals surface area contributed by atoms with Gasteiger partial charge in [0.25, 0.3) is 0 Å². The van der Waals surface area contributed by atoms with Crippen LogP contribution in [-0.4, -0.2) is 29.5 Å². The Balaban J connectivity index is 2.87. The van der Waals surface area contributed by atoms with Gasteiger partial charge in [0.1, 0.15) is 0 Å². The second-order valence-corrected chi connectivity index (χ2v) is 4.24. The Kier molecular flexibility index (Phi) is 4.24. The number of likely N-dealkylation sites (N-methyl/N-ethyl adjacent to an activating group) is 1. The smallest absolute Gasteiger partial charge is 0.0485 e. The lowest BCUT2D eigenvalue weighted by Crippen LogP contribution is -2.35. The van der Waals surface area contributed by atoms with Crippen molar-refractivity contribution in [2.24, 2.45) is 5.73 Å².